The maximum Gasteiger partial charge on any atom is 0.306 e. The molecule has 0 N–H and O–H groups in total. The summed E-state index contributed by atoms with van der Waals surface area (Å²) in [7, 11) is 5.56. The minimum absolute atomic E-state index is 0.148. The van der Waals surface area contributed by atoms with Crippen LogP contribution in [-0.2, 0) is 9.53 Å². The molecule has 0 saturated heterocycles. The summed E-state index contributed by atoms with van der Waals surface area (Å²) < 4.78 is 4.96. The topological polar surface area (TPSA) is 26.3 Å². The molecule has 1 aromatic carbocycles. The highest BCUT2D eigenvalue weighted by atomic mass is 16.5. The highest BCUT2D eigenvalue weighted by molar-refractivity contribution is 6.08. The van der Waals surface area contributed by atoms with E-state index in [0.29, 0.717) is 19.3 Å². The number of carbonyl (C=O) groups excluding carboxylic acids is 1. The van der Waals surface area contributed by atoms with Gasteiger partial charge in [-0.2, -0.15) is 0 Å². The molecule has 2 nitrogen and oxygen atoms in total. The van der Waals surface area contributed by atoms with Crippen molar-refractivity contribution in [2.24, 2.45) is 0 Å². The third-order valence-electron chi connectivity index (χ3n) is 2.50. The maximum atomic E-state index is 11.4. The lowest BCUT2D eigenvalue weighted by Crippen LogP contribution is -2.10. The van der Waals surface area contributed by atoms with Crippen molar-refractivity contribution >= 4 is 13.8 Å². The van der Waals surface area contributed by atoms with Crippen LogP contribution in [-0.4, -0.2) is 20.4 Å². The van der Waals surface area contributed by atoms with Crippen LogP contribution in [0.4, 0.5) is 0 Å². The van der Waals surface area contributed by atoms with Crippen LogP contribution < -0.4 is 0 Å². The normalized spacial score (nSPS) is 12.1. The third kappa shape index (κ3) is 4.09. The van der Waals surface area contributed by atoms with Gasteiger partial charge in [0.15, 0.2) is 0 Å². The molecule has 0 aromatic heterocycles. The largest absolute Gasteiger partial charge is 0.466 e. The second kappa shape index (κ2) is 7.10. The van der Waals surface area contributed by atoms with Gasteiger partial charge in [0.2, 0.25) is 0 Å². The monoisotopic (exact) mass is 216 g/mol. The van der Waals surface area contributed by atoms with Crippen molar-refractivity contribution in [3.05, 3.63) is 35.9 Å². The second-order valence-corrected chi connectivity index (χ2v) is 3.69. The summed E-state index contributed by atoms with van der Waals surface area (Å²) in [4.78, 5) is 11.4. The smallest absolute Gasteiger partial charge is 0.306 e. The number of ether oxygens (including phenoxy) is 1. The van der Waals surface area contributed by atoms with Gasteiger partial charge in [-0.15, -0.1) is 0 Å². The van der Waals surface area contributed by atoms with Crippen LogP contribution >= 0.6 is 0 Å². The number of carbonyl (C=O) groups is 1. The summed E-state index contributed by atoms with van der Waals surface area (Å²) in [5, 5.41) is 0. The average Bonchev–Trinajstić information content (AvgIpc) is 2.30. The van der Waals surface area contributed by atoms with Crippen molar-refractivity contribution < 1.29 is 9.53 Å². The lowest BCUT2D eigenvalue weighted by Gasteiger charge is -2.15. The molecule has 2 radical (unpaired) electrons. The summed E-state index contributed by atoms with van der Waals surface area (Å²) in [6.45, 7) is 2.25. The van der Waals surface area contributed by atoms with Crippen LogP contribution in [0.15, 0.2) is 30.3 Å². The Morgan fingerprint density at radius 2 is 2.06 bits per heavy atom. The molecule has 1 atom stereocenters. The van der Waals surface area contributed by atoms with E-state index in [-0.39, 0.29) is 11.9 Å². The van der Waals surface area contributed by atoms with Crippen LogP contribution in [0.3, 0.4) is 0 Å². The summed E-state index contributed by atoms with van der Waals surface area (Å²) in [5.41, 5.74) is 1.15. The van der Waals surface area contributed by atoms with Gasteiger partial charge in [-0.05, 0) is 18.4 Å². The summed E-state index contributed by atoms with van der Waals surface area (Å²) in [6.07, 6.45) is 1.80. The SMILES string of the molecule is [B]CCC(CC(=O)OCC)c1ccccc1. The highest BCUT2D eigenvalue weighted by Crippen LogP contribution is 2.24. The maximum absolute atomic E-state index is 11.4. The fraction of sp³-hybridized carbons (Fsp3) is 0.462. The molecule has 0 aliphatic carbocycles. The zero-order valence-electron chi connectivity index (χ0n) is 9.69. The van der Waals surface area contributed by atoms with E-state index in [2.05, 4.69) is 0 Å². The first-order valence-electron chi connectivity index (χ1n) is 5.68. The standard InChI is InChI=1S/C13H17BO2/c1-2-16-13(15)10-12(8-9-14)11-6-4-3-5-7-11/h3-7,12H,2,8-10H2,1H3. The van der Waals surface area contributed by atoms with Crippen LogP contribution in [0.25, 0.3) is 0 Å². The lowest BCUT2D eigenvalue weighted by atomic mass is 9.86. The van der Waals surface area contributed by atoms with E-state index in [9.17, 15) is 4.79 Å². The summed E-state index contributed by atoms with van der Waals surface area (Å²) in [5.74, 6) is 0.0232. The van der Waals surface area contributed by atoms with Crippen LogP contribution in [0.2, 0.25) is 6.32 Å². The Kier molecular flexibility index (Phi) is 5.69. The highest BCUT2D eigenvalue weighted by Gasteiger charge is 2.15. The van der Waals surface area contributed by atoms with E-state index >= 15 is 0 Å². The molecule has 0 spiro atoms. The Bertz CT molecular complexity index is 311. The van der Waals surface area contributed by atoms with Gasteiger partial charge < -0.3 is 4.74 Å². The first kappa shape index (κ1) is 12.8. The van der Waals surface area contributed by atoms with Crippen molar-refractivity contribution in [1.29, 1.82) is 0 Å². The third-order valence-corrected chi connectivity index (χ3v) is 2.50. The van der Waals surface area contributed by atoms with E-state index in [1.807, 2.05) is 37.3 Å². The summed E-state index contributed by atoms with van der Waals surface area (Å²) in [6, 6.07) is 9.97. The molecule has 84 valence electrons. The molecular weight excluding hydrogens is 199 g/mol. The first-order valence-corrected chi connectivity index (χ1v) is 5.68. The average molecular weight is 216 g/mol. The molecule has 1 rings (SSSR count). The number of hydrogen-bond donors (Lipinski definition) is 0. The second-order valence-electron chi connectivity index (χ2n) is 3.69. The quantitative estimate of drug-likeness (QED) is 0.539. The van der Waals surface area contributed by atoms with Crippen LogP contribution in [0.1, 0.15) is 31.2 Å². The van der Waals surface area contributed by atoms with Crippen LogP contribution in [0.5, 0.6) is 0 Å². The minimum Gasteiger partial charge on any atom is -0.466 e. The molecule has 3 heteroatoms. The molecule has 1 aromatic rings. The number of hydrogen-bond acceptors (Lipinski definition) is 2. The lowest BCUT2D eigenvalue weighted by molar-refractivity contribution is -0.143. The molecule has 0 saturated carbocycles. The van der Waals surface area contributed by atoms with E-state index in [0.717, 1.165) is 12.0 Å². The Morgan fingerprint density at radius 1 is 1.38 bits per heavy atom. The van der Waals surface area contributed by atoms with E-state index < -0.39 is 0 Å². The molecule has 0 bridgehead atoms. The van der Waals surface area contributed by atoms with Crippen LogP contribution in [0, 0.1) is 0 Å². The Morgan fingerprint density at radius 3 is 2.62 bits per heavy atom. The zero-order valence-corrected chi connectivity index (χ0v) is 9.69. The van der Waals surface area contributed by atoms with Gasteiger partial charge in [0.1, 0.15) is 0 Å². The zero-order chi connectivity index (χ0) is 11.8. The molecule has 1 unspecified atom stereocenters. The van der Waals surface area contributed by atoms with Gasteiger partial charge in [-0.25, -0.2) is 0 Å². The molecule has 0 heterocycles. The number of benzene rings is 1. The first-order chi connectivity index (χ1) is 7.77. The van der Waals surface area contributed by atoms with Crippen molar-refractivity contribution in [2.75, 3.05) is 6.61 Å². The number of esters is 1. The van der Waals surface area contributed by atoms with Gasteiger partial charge in [0.25, 0.3) is 0 Å². The number of rotatable bonds is 6. The van der Waals surface area contributed by atoms with Gasteiger partial charge in [-0.3, -0.25) is 4.79 Å². The molecule has 0 aliphatic rings. The van der Waals surface area contributed by atoms with E-state index in [4.69, 9.17) is 12.6 Å². The Hall–Kier alpha value is -1.25. The Balaban J connectivity index is 2.64. The predicted octanol–water partition coefficient (Wildman–Crippen LogP) is 2.70. The van der Waals surface area contributed by atoms with Gasteiger partial charge in [0.05, 0.1) is 20.9 Å². The molecular formula is C13H17BO2. The van der Waals surface area contributed by atoms with Gasteiger partial charge >= 0.3 is 5.97 Å². The Labute approximate surface area is 98.4 Å². The van der Waals surface area contributed by atoms with Crippen molar-refractivity contribution in [3.8, 4) is 0 Å². The van der Waals surface area contributed by atoms with Crippen molar-refractivity contribution in [3.63, 3.8) is 0 Å². The van der Waals surface area contributed by atoms with E-state index in [1.54, 1.807) is 0 Å². The van der Waals surface area contributed by atoms with Crippen molar-refractivity contribution in [1.82, 2.24) is 0 Å². The molecule has 0 fully saturated rings. The van der Waals surface area contributed by atoms with Crippen molar-refractivity contribution in [2.45, 2.75) is 32.0 Å². The minimum atomic E-state index is -0.148. The fourth-order valence-electron chi connectivity index (χ4n) is 1.73. The fourth-order valence-corrected chi connectivity index (χ4v) is 1.73. The van der Waals surface area contributed by atoms with Gasteiger partial charge in [0, 0.05) is 0 Å². The van der Waals surface area contributed by atoms with E-state index in [1.165, 1.54) is 0 Å². The predicted molar refractivity (Wildman–Crippen MR) is 65.6 cm³/mol. The van der Waals surface area contributed by atoms with Gasteiger partial charge in [-0.1, -0.05) is 43.1 Å². The molecule has 0 amide bonds. The molecule has 16 heavy (non-hydrogen) atoms. The summed E-state index contributed by atoms with van der Waals surface area (Å²) >= 11 is 0. The molecule has 0 aliphatic heterocycles.